The second-order valence-electron chi connectivity index (χ2n) is 9.41. The van der Waals surface area contributed by atoms with Gasteiger partial charge in [-0.3, -0.25) is 14.4 Å². The molecule has 1 fully saturated rings. The van der Waals surface area contributed by atoms with E-state index in [0.717, 1.165) is 0 Å². The molecule has 0 aliphatic heterocycles. The highest BCUT2D eigenvalue weighted by atomic mass is 35.5. The van der Waals surface area contributed by atoms with E-state index >= 15 is 0 Å². The van der Waals surface area contributed by atoms with E-state index in [4.69, 9.17) is 21.1 Å². The van der Waals surface area contributed by atoms with E-state index in [1.165, 1.54) is 21.1 Å². The highest BCUT2D eigenvalue weighted by molar-refractivity contribution is 6.30. The number of carbonyl (C=O) groups excluding carboxylic acids is 3. The van der Waals surface area contributed by atoms with Crippen LogP contribution in [0.25, 0.3) is 0 Å². The van der Waals surface area contributed by atoms with Gasteiger partial charge in [-0.05, 0) is 48.9 Å². The average molecular weight is 537 g/mol. The second-order valence-corrected chi connectivity index (χ2v) is 9.85. The van der Waals surface area contributed by atoms with Gasteiger partial charge in [0.25, 0.3) is 0 Å². The zero-order valence-corrected chi connectivity index (χ0v) is 22.0. The number of amides is 2. The lowest BCUT2D eigenvalue weighted by molar-refractivity contribution is -0.150. The Morgan fingerprint density at radius 2 is 1.37 bits per heavy atom. The van der Waals surface area contributed by atoms with Crippen LogP contribution >= 0.6 is 11.6 Å². The molecule has 0 unspecified atom stereocenters. The van der Waals surface area contributed by atoms with Crippen molar-refractivity contribution in [2.75, 3.05) is 24.9 Å². The Morgan fingerprint density at radius 1 is 0.868 bits per heavy atom. The van der Waals surface area contributed by atoms with E-state index in [-0.39, 0.29) is 6.42 Å². The summed E-state index contributed by atoms with van der Waals surface area (Å²) in [6, 6.07) is 20.2. The van der Waals surface area contributed by atoms with Crippen molar-refractivity contribution >= 4 is 40.6 Å². The van der Waals surface area contributed by atoms with Crippen molar-refractivity contribution in [3.05, 3.63) is 83.4 Å². The Balaban J connectivity index is 1.78. The van der Waals surface area contributed by atoms with Crippen LogP contribution in [0.3, 0.4) is 0 Å². The smallest absolute Gasteiger partial charge is 0.235 e. The molecule has 0 bridgehead atoms. The van der Waals surface area contributed by atoms with Gasteiger partial charge in [0.1, 0.15) is 23.2 Å². The van der Waals surface area contributed by atoms with Crippen LogP contribution in [0, 0.1) is 11.8 Å². The summed E-state index contributed by atoms with van der Waals surface area (Å²) in [6.07, 6.45) is -0.384. The predicted molar refractivity (Wildman–Crippen MR) is 145 cm³/mol. The Morgan fingerprint density at radius 3 is 1.89 bits per heavy atom. The Kier molecular flexibility index (Phi) is 8.04. The molecule has 0 heterocycles. The molecule has 4 rings (SSSR count). The first kappa shape index (κ1) is 27.2. The fourth-order valence-corrected chi connectivity index (χ4v) is 5.22. The first-order valence-electron chi connectivity index (χ1n) is 12.0. The van der Waals surface area contributed by atoms with Crippen molar-refractivity contribution in [1.29, 1.82) is 0 Å². The molecule has 4 atom stereocenters. The number of Topliss-reactive ketones (excluding diaryl/α,β-unsaturated/α-hetero) is 1. The number of hydrogen-bond acceptors (Lipinski definition) is 6. The lowest BCUT2D eigenvalue weighted by Crippen LogP contribution is -2.56. The van der Waals surface area contributed by atoms with Crippen LogP contribution in [-0.2, 0) is 14.4 Å². The third-order valence-corrected chi connectivity index (χ3v) is 7.07. The Labute approximate surface area is 225 Å². The number of ether oxygens (including phenoxy) is 2. The summed E-state index contributed by atoms with van der Waals surface area (Å²) in [5.74, 6) is -4.22. The van der Waals surface area contributed by atoms with Crippen LogP contribution in [0.15, 0.2) is 72.8 Å². The van der Waals surface area contributed by atoms with Gasteiger partial charge in [-0.2, -0.15) is 0 Å². The lowest BCUT2D eigenvalue weighted by Gasteiger charge is -2.44. The number of halogens is 1. The van der Waals surface area contributed by atoms with E-state index in [2.05, 4.69) is 10.6 Å². The van der Waals surface area contributed by atoms with Crippen LogP contribution in [0.4, 0.5) is 11.4 Å². The van der Waals surface area contributed by atoms with Crippen molar-refractivity contribution in [1.82, 2.24) is 0 Å². The van der Waals surface area contributed by atoms with Crippen molar-refractivity contribution in [3.8, 4) is 11.5 Å². The molecule has 2 amide bonds. The number of methoxy groups -OCH3 is 2. The molecule has 0 spiro atoms. The standard InChI is InChI=1S/C29H29ClN2O6/c1-29(36)16-21(33)25(27(34)31-19-8-4-6-10-22(19)37-2)24(17-12-14-18(30)15-13-17)26(29)28(35)32-20-9-5-7-11-23(20)38-3/h4-15,24-26,36H,16H2,1-3H3,(H,31,34)(H,32,35)/t24-,25-,26-,29+/m1/s1. The average Bonchev–Trinajstić information content (AvgIpc) is 2.88. The number of carbonyl (C=O) groups is 3. The normalized spacial score (nSPS) is 22.9. The van der Waals surface area contributed by atoms with Gasteiger partial charge in [0.2, 0.25) is 11.8 Å². The molecular formula is C29H29ClN2O6. The number of rotatable bonds is 7. The summed E-state index contributed by atoms with van der Waals surface area (Å²) in [7, 11) is 2.96. The van der Waals surface area contributed by atoms with E-state index in [9.17, 15) is 19.5 Å². The molecular weight excluding hydrogens is 508 g/mol. The van der Waals surface area contributed by atoms with Crippen LogP contribution in [0.1, 0.15) is 24.8 Å². The predicted octanol–water partition coefficient (Wildman–Crippen LogP) is 4.67. The van der Waals surface area contributed by atoms with E-state index in [1.54, 1.807) is 72.8 Å². The number of benzene rings is 3. The van der Waals surface area contributed by atoms with Crippen LogP contribution < -0.4 is 20.1 Å². The van der Waals surface area contributed by atoms with Crippen LogP contribution in [0.5, 0.6) is 11.5 Å². The first-order chi connectivity index (χ1) is 18.2. The van der Waals surface area contributed by atoms with Gasteiger partial charge in [-0.25, -0.2) is 0 Å². The maximum atomic E-state index is 13.8. The SMILES string of the molecule is COc1ccccc1NC(=O)[C@@H]1C(=O)C[C@](C)(O)[C@@H](C(=O)Nc2ccccc2OC)[C@@H]1c1ccc(Cl)cc1. The van der Waals surface area contributed by atoms with Gasteiger partial charge in [0.05, 0.1) is 37.1 Å². The molecule has 0 radical (unpaired) electrons. The maximum Gasteiger partial charge on any atom is 0.235 e. The summed E-state index contributed by atoms with van der Waals surface area (Å²) in [6.45, 7) is 1.44. The summed E-state index contributed by atoms with van der Waals surface area (Å²) >= 11 is 6.11. The van der Waals surface area contributed by atoms with Gasteiger partial charge in [0.15, 0.2) is 0 Å². The van der Waals surface area contributed by atoms with E-state index < -0.39 is 41.0 Å². The Hall–Kier alpha value is -3.88. The fourth-order valence-electron chi connectivity index (χ4n) is 5.09. The van der Waals surface area contributed by atoms with Crippen molar-refractivity contribution in [2.24, 2.45) is 11.8 Å². The highest BCUT2D eigenvalue weighted by Gasteiger charge is 2.56. The number of ketones is 1. The Bertz CT molecular complexity index is 1340. The highest BCUT2D eigenvalue weighted by Crippen LogP contribution is 2.47. The number of nitrogens with one attached hydrogen (secondary N) is 2. The molecule has 198 valence electrons. The van der Waals surface area contributed by atoms with Crippen LogP contribution in [-0.4, -0.2) is 42.5 Å². The van der Waals surface area contributed by atoms with Gasteiger partial charge >= 0.3 is 0 Å². The van der Waals surface area contributed by atoms with Gasteiger partial charge in [-0.1, -0.05) is 48.0 Å². The zero-order valence-electron chi connectivity index (χ0n) is 21.2. The topological polar surface area (TPSA) is 114 Å². The molecule has 3 N–H and O–H groups in total. The van der Waals surface area contributed by atoms with E-state index in [0.29, 0.717) is 33.5 Å². The second kappa shape index (κ2) is 11.2. The quantitative estimate of drug-likeness (QED) is 0.378. The maximum absolute atomic E-state index is 13.8. The minimum Gasteiger partial charge on any atom is -0.495 e. The molecule has 1 aliphatic rings. The molecule has 1 aliphatic carbocycles. The van der Waals surface area contributed by atoms with Crippen LogP contribution in [0.2, 0.25) is 5.02 Å². The van der Waals surface area contributed by atoms with Crippen molar-refractivity contribution in [3.63, 3.8) is 0 Å². The zero-order chi connectivity index (χ0) is 27.4. The molecule has 3 aromatic rings. The molecule has 8 nitrogen and oxygen atoms in total. The van der Waals surface area contributed by atoms with Crippen molar-refractivity contribution in [2.45, 2.75) is 24.9 Å². The monoisotopic (exact) mass is 536 g/mol. The molecule has 3 aromatic carbocycles. The van der Waals surface area contributed by atoms with Gasteiger partial charge < -0.3 is 25.2 Å². The van der Waals surface area contributed by atoms with Gasteiger partial charge in [-0.15, -0.1) is 0 Å². The number of hydrogen-bond donors (Lipinski definition) is 3. The number of anilines is 2. The number of aliphatic hydroxyl groups is 1. The first-order valence-corrected chi connectivity index (χ1v) is 12.4. The third kappa shape index (κ3) is 5.51. The minimum absolute atomic E-state index is 0.384. The van der Waals surface area contributed by atoms with Crippen molar-refractivity contribution < 1.29 is 29.0 Å². The van der Waals surface area contributed by atoms with E-state index in [1.807, 2.05) is 0 Å². The molecule has 38 heavy (non-hydrogen) atoms. The summed E-state index contributed by atoms with van der Waals surface area (Å²) in [5.41, 5.74) is -0.440. The minimum atomic E-state index is -1.74. The molecule has 9 heteroatoms. The summed E-state index contributed by atoms with van der Waals surface area (Å²) in [4.78, 5) is 41.0. The summed E-state index contributed by atoms with van der Waals surface area (Å²) in [5, 5.41) is 17.5. The largest absolute Gasteiger partial charge is 0.495 e. The van der Waals surface area contributed by atoms with Gasteiger partial charge in [0, 0.05) is 17.4 Å². The number of para-hydroxylation sites is 4. The third-order valence-electron chi connectivity index (χ3n) is 6.82. The fraction of sp³-hybridized carbons (Fsp3) is 0.276. The lowest BCUT2D eigenvalue weighted by atomic mass is 9.61. The molecule has 1 saturated carbocycles. The molecule has 0 saturated heterocycles. The summed E-state index contributed by atoms with van der Waals surface area (Å²) < 4.78 is 10.7. The molecule has 0 aromatic heterocycles.